The fourth-order valence-electron chi connectivity index (χ4n) is 7.82. The highest BCUT2D eigenvalue weighted by Gasteiger charge is 2.38. The van der Waals surface area contributed by atoms with Crippen molar-refractivity contribution in [3.8, 4) is 23.0 Å². The first kappa shape index (κ1) is 30.3. The first-order chi connectivity index (χ1) is 18.1. The maximum absolute atomic E-state index is 9.99. The topological polar surface area (TPSA) is 65.4 Å². The van der Waals surface area contributed by atoms with E-state index in [-0.39, 0.29) is 40.9 Å². The number of phenolic OH excluding ortho intramolecular Hbond substituents is 2. The van der Waals surface area contributed by atoms with Gasteiger partial charge in [-0.2, -0.15) is 0 Å². The molecule has 2 fully saturated rings. The molecule has 2 aromatic rings. The molecule has 3 aliphatic heterocycles. The number of aromatic hydroxyl groups is 2. The van der Waals surface area contributed by atoms with Gasteiger partial charge in [0.1, 0.15) is 0 Å². The zero-order valence-electron chi connectivity index (χ0n) is 23.2. The van der Waals surface area contributed by atoms with Crippen LogP contribution in [-0.4, -0.2) is 65.1 Å². The van der Waals surface area contributed by atoms with Crippen LogP contribution in [0.4, 0.5) is 0 Å². The maximum Gasteiger partial charge on any atom is 0.231 e. The second-order valence-corrected chi connectivity index (χ2v) is 11.5. The van der Waals surface area contributed by atoms with Crippen LogP contribution in [0.5, 0.6) is 23.0 Å². The molecular formula is C31H44BrClN2O4. The highest BCUT2D eigenvalue weighted by molar-refractivity contribution is 8.93. The molecule has 6 nitrogen and oxygen atoms in total. The normalized spacial score (nSPS) is 26.8. The van der Waals surface area contributed by atoms with Crippen molar-refractivity contribution in [1.29, 1.82) is 0 Å². The van der Waals surface area contributed by atoms with Crippen LogP contribution < -0.4 is 9.47 Å². The van der Waals surface area contributed by atoms with Crippen molar-refractivity contribution in [1.82, 2.24) is 9.80 Å². The molecule has 0 radical (unpaired) electrons. The lowest BCUT2D eigenvalue weighted by Gasteiger charge is -2.44. The minimum Gasteiger partial charge on any atom is -0.504 e. The average molecular weight is 624 g/mol. The average Bonchev–Trinajstić information content (AvgIpc) is 3.42. The molecule has 8 heteroatoms. The molecule has 39 heavy (non-hydrogen) atoms. The summed E-state index contributed by atoms with van der Waals surface area (Å²) in [6, 6.07) is 9.30. The Kier molecular flexibility index (Phi) is 10.0. The summed E-state index contributed by atoms with van der Waals surface area (Å²) in [5.41, 5.74) is 5.10. The third-order valence-electron chi connectivity index (χ3n) is 9.77. The molecule has 2 aliphatic carbocycles. The van der Waals surface area contributed by atoms with Crippen molar-refractivity contribution in [3.63, 3.8) is 0 Å². The zero-order chi connectivity index (χ0) is 25.5. The predicted octanol–water partition coefficient (Wildman–Crippen LogP) is 5.91. The lowest BCUT2D eigenvalue weighted by molar-refractivity contribution is 0.0900. The highest BCUT2D eigenvalue weighted by Crippen LogP contribution is 2.44. The van der Waals surface area contributed by atoms with E-state index in [0.29, 0.717) is 18.8 Å². The van der Waals surface area contributed by atoms with Crippen LogP contribution >= 0.6 is 29.4 Å². The van der Waals surface area contributed by atoms with Crippen molar-refractivity contribution < 1.29 is 19.7 Å². The Hall–Kier alpha value is -1.67. The van der Waals surface area contributed by atoms with E-state index in [9.17, 15) is 10.2 Å². The van der Waals surface area contributed by atoms with Crippen molar-refractivity contribution in [3.05, 3.63) is 46.5 Å². The van der Waals surface area contributed by atoms with Gasteiger partial charge in [0.25, 0.3) is 0 Å². The summed E-state index contributed by atoms with van der Waals surface area (Å²) in [5.74, 6) is 3.55. The Labute approximate surface area is 249 Å². The van der Waals surface area contributed by atoms with Crippen molar-refractivity contribution in [2.45, 2.75) is 77.3 Å². The summed E-state index contributed by atoms with van der Waals surface area (Å²) in [6.45, 7) is 9.68. The van der Waals surface area contributed by atoms with Gasteiger partial charge in [0.15, 0.2) is 23.0 Å². The number of likely N-dealkylation sites (N-methyl/N-ethyl adjacent to an activating group) is 2. The van der Waals surface area contributed by atoms with E-state index in [0.717, 1.165) is 48.4 Å². The van der Waals surface area contributed by atoms with Crippen LogP contribution in [0, 0.1) is 11.8 Å². The summed E-state index contributed by atoms with van der Waals surface area (Å²) in [5, 5.41) is 19.6. The Morgan fingerprint density at radius 1 is 0.769 bits per heavy atom. The molecule has 2 N–H and O–H groups in total. The van der Waals surface area contributed by atoms with Crippen molar-refractivity contribution in [2.24, 2.45) is 11.8 Å². The van der Waals surface area contributed by atoms with Crippen molar-refractivity contribution >= 4 is 29.4 Å². The third-order valence-corrected chi connectivity index (χ3v) is 9.77. The van der Waals surface area contributed by atoms with E-state index in [2.05, 4.69) is 35.8 Å². The largest absolute Gasteiger partial charge is 0.504 e. The number of hydrogen-bond donors (Lipinski definition) is 2. The highest BCUT2D eigenvalue weighted by atomic mass is 79.9. The number of phenols is 2. The Balaban J connectivity index is 0.000000172. The van der Waals surface area contributed by atoms with Gasteiger partial charge < -0.3 is 29.5 Å². The predicted molar refractivity (Wildman–Crippen MR) is 162 cm³/mol. The second-order valence-electron chi connectivity index (χ2n) is 11.5. The molecule has 2 saturated heterocycles. The molecule has 0 unspecified atom stereocenters. The lowest BCUT2D eigenvalue weighted by Crippen LogP contribution is -2.48. The van der Waals surface area contributed by atoms with E-state index in [4.69, 9.17) is 9.47 Å². The minimum absolute atomic E-state index is 0. The Morgan fingerprint density at radius 3 is 1.95 bits per heavy atom. The second kappa shape index (κ2) is 12.9. The van der Waals surface area contributed by atoms with Crippen LogP contribution in [0.3, 0.4) is 0 Å². The van der Waals surface area contributed by atoms with E-state index >= 15 is 0 Å². The number of halogens is 2. The lowest BCUT2D eigenvalue weighted by atomic mass is 9.75. The van der Waals surface area contributed by atoms with E-state index in [1.54, 1.807) is 6.07 Å². The van der Waals surface area contributed by atoms with Crippen LogP contribution in [0.25, 0.3) is 0 Å². The van der Waals surface area contributed by atoms with Crippen LogP contribution in [0.1, 0.15) is 61.8 Å². The Bertz CT molecular complexity index is 1150. The van der Waals surface area contributed by atoms with Crippen LogP contribution in [-0.2, 0) is 25.7 Å². The summed E-state index contributed by atoms with van der Waals surface area (Å²) in [7, 11) is 0. The summed E-state index contributed by atoms with van der Waals surface area (Å²) < 4.78 is 11.2. The molecule has 0 amide bonds. The van der Waals surface area contributed by atoms with Gasteiger partial charge in [0, 0.05) is 23.2 Å². The number of ether oxygens (including phenoxy) is 2. The molecule has 0 bridgehead atoms. The van der Waals surface area contributed by atoms with Crippen LogP contribution in [0.2, 0.25) is 0 Å². The molecule has 0 saturated carbocycles. The quantitative estimate of drug-likeness (QED) is 0.406. The summed E-state index contributed by atoms with van der Waals surface area (Å²) in [6.07, 6.45) is 9.49. The number of piperidine rings is 2. The van der Waals surface area contributed by atoms with Gasteiger partial charge >= 0.3 is 0 Å². The van der Waals surface area contributed by atoms with E-state index < -0.39 is 0 Å². The monoisotopic (exact) mass is 622 g/mol. The van der Waals surface area contributed by atoms with Gasteiger partial charge in [0.2, 0.25) is 6.79 Å². The van der Waals surface area contributed by atoms with Gasteiger partial charge in [-0.25, -0.2) is 0 Å². The molecule has 7 rings (SSSR count). The first-order valence-electron chi connectivity index (χ1n) is 14.5. The van der Waals surface area contributed by atoms with Gasteiger partial charge in [-0.3, -0.25) is 0 Å². The standard InChI is InChI=1S/C16H21NO2.C15H21NO2.BrH.ClH/c1-2-17-7-3-4-12-8-13-11(9-14(12)17)5-6-15-16(13)19-10-18-15;1-2-16-7-3-4-11-8-12-10(9-13(11)16)5-6-14(17)15(12)18;;/h5-6,12,14H,2-4,7-10H2,1H3;5-6,11,13,17-18H,2-4,7-9H2,1H3;2*1H/t12-,14-;11-,13-;;/m11../s1. The SMILES string of the molecule is Br.CCN1CCC[C@@H]2Cc3c(ccc(O)c3O)C[C@H]21.CCN1CCC[C@@H]2Cc3c(ccc4c3OCO4)C[C@H]21.Cl. The van der Waals surface area contributed by atoms with Gasteiger partial charge in [0.05, 0.1) is 0 Å². The molecule has 0 aromatic heterocycles. The number of nitrogens with zero attached hydrogens (tertiary/aromatic N) is 2. The Morgan fingerprint density at radius 2 is 1.33 bits per heavy atom. The fraction of sp³-hybridized carbons (Fsp3) is 0.613. The number of hydrogen-bond acceptors (Lipinski definition) is 6. The number of fused-ring (bicyclic) bond motifs is 6. The van der Waals surface area contributed by atoms with Crippen molar-refractivity contribution in [2.75, 3.05) is 33.0 Å². The van der Waals surface area contributed by atoms with Gasteiger partial charge in [-0.1, -0.05) is 26.0 Å². The molecule has 5 aliphatic rings. The molecular weight excluding hydrogens is 580 g/mol. The van der Waals surface area contributed by atoms with Gasteiger partial charge in [-0.05, 0) is 113 Å². The molecule has 4 atom stereocenters. The van der Waals surface area contributed by atoms with Crippen LogP contribution in [0.15, 0.2) is 24.3 Å². The molecule has 2 aromatic carbocycles. The minimum atomic E-state index is 0. The van der Waals surface area contributed by atoms with Gasteiger partial charge in [-0.15, -0.1) is 29.4 Å². The molecule has 216 valence electrons. The molecule has 3 heterocycles. The summed E-state index contributed by atoms with van der Waals surface area (Å²) in [4.78, 5) is 5.24. The number of likely N-dealkylation sites (tertiary alicyclic amines) is 2. The summed E-state index contributed by atoms with van der Waals surface area (Å²) >= 11 is 0. The smallest absolute Gasteiger partial charge is 0.231 e. The van der Waals surface area contributed by atoms with E-state index in [1.807, 2.05) is 6.07 Å². The third kappa shape index (κ3) is 5.74. The number of rotatable bonds is 2. The maximum atomic E-state index is 9.99. The fourth-order valence-corrected chi connectivity index (χ4v) is 7.82. The zero-order valence-corrected chi connectivity index (χ0v) is 25.8. The number of benzene rings is 2. The molecule has 0 spiro atoms. The van der Waals surface area contributed by atoms with E-state index in [1.165, 1.54) is 74.8 Å². The first-order valence-corrected chi connectivity index (χ1v) is 14.5.